The second-order valence-corrected chi connectivity index (χ2v) is 6.63. The topological polar surface area (TPSA) is 56.1 Å². The number of ether oxygens (including phenoxy) is 1. The van der Waals surface area contributed by atoms with Crippen LogP contribution in [0.1, 0.15) is 5.56 Å². The van der Waals surface area contributed by atoms with Crippen molar-refractivity contribution < 1.29 is 9.53 Å². The Labute approximate surface area is 151 Å². The number of thioether (sulfide) groups is 1. The fourth-order valence-corrected chi connectivity index (χ4v) is 3.45. The molecule has 1 amide bonds. The molecule has 0 bridgehead atoms. The van der Waals surface area contributed by atoms with Gasteiger partial charge in [-0.15, -0.1) is 0 Å². The molecule has 25 heavy (non-hydrogen) atoms. The highest BCUT2D eigenvalue weighted by atomic mass is 32.2. The normalized spacial score (nSPS) is 11.0. The number of nitrogens with one attached hydrogen (secondary N) is 1. The average Bonchev–Trinajstić information content (AvgIpc) is 2.98. The summed E-state index contributed by atoms with van der Waals surface area (Å²) in [4.78, 5) is 16.7. The van der Waals surface area contributed by atoms with Gasteiger partial charge < -0.3 is 10.1 Å². The minimum atomic E-state index is -0.0232. The van der Waals surface area contributed by atoms with Crippen LogP contribution in [0.5, 0.6) is 0 Å². The number of fused-ring (bicyclic) bond motifs is 1. The number of para-hydroxylation sites is 2. The monoisotopic (exact) mass is 355 g/mol. The standard InChI is InChI=1S/C19H21N3O2S/c1-14-6-5-7-15(12-14)22-17-9-4-3-8-16(17)21-19(22)25-13-18(23)20-10-11-24-2/h3-9,12H,10-11,13H2,1-2H3,(H,20,23). The smallest absolute Gasteiger partial charge is 0.230 e. The first-order chi connectivity index (χ1) is 12.2. The van der Waals surface area contributed by atoms with E-state index >= 15 is 0 Å². The van der Waals surface area contributed by atoms with Gasteiger partial charge >= 0.3 is 0 Å². The molecule has 0 saturated carbocycles. The van der Waals surface area contributed by atoms with E-state index in [-0.39, 0.29) is 5.91 Å². The highest BCUT2D eigenvalue weighted by Crippen LogP contribution is 2.28. The molecule has 0 atom stereocenters. The van der Waals surface area contributed by atoms with Gasteiger partial charge in [0.2, 0.25) is 5.91 Å². The average molecular weight is 355 g/mol. The van der Waals surface area contributed by atoms with Crippen molar-refractivity contribution in [3.8, 4) is 5.69 Å². The fraction of sp³-hybridized carbons (Fsp3) is 0.263. The zero-order valence-electron chi connectivity index (χ0n) is 14.4. The molecule has 1 heterocycles. The van der Waals surface area contributed by atoms with Crippen molar-refractivity contribution in [1.82, 2.24) is 14.9 Å². The number of rotatable bonds is 7. The quantitative estimate of drug-likeness (QED) is 0.522. The van der Waals surface area contributed by atoms with Gasteiger partial charge in [-0.25, -0.2) is 4.98 Å². The molecule has 0 radical (unpaired) electrons. The van der Waals surface area contributed by atoms with Crippen LogP contribution in [0.4, 0.5) is 0 Å². The zero-order chi connectivity index (χ0) is 17.6. The van der Waals surface area contributed by atoms with Crippen LogP contribution in [0.25, 0.3) is 16.7 Å². The maximum Gasteiger partial charge on any atom is 0.230 e. The van der Waals surface area contributed by atoms with Crippen molar-refractivity contribution in [2.45, 2.75) is 12.1 Å². The lowest BCUT2D eigenvalue weighted by Crippen LogP contribution is -2.28. The number of aromatic nitrogens is 2. The Morgan fingerprint density at radius 1 is 1.24 bits per heavy atom. The third-order valence-corrected chi connectivity index (χ3v) is 4.69. The van der Waals surface area contributed by atoms with E-state index in [0.717, 1.165) is 21.9 Å². The number of carbonyl (C=O) groups excluding carboxylic acids is 1. The summed E-state index contributed by atoms with van der Waals surface area (Å²) in [5.41, 5.74) is 4.20. The van der Waals surface area contributed by atoms with Gasteiger partial charge in [0.05, 0.1) is 23.4 Å². The maximum atomic E-state index is 12.0. The van der Waals surface area contributed by atoms with Crippen molar-refractivity contribution >= 4 is 28.7 Å². The molecule has 0 aliphatic carbocycles. The second kappa shape index (κ2) is 8.18. The molecule has 0 aliphatic rings. The summed E-state index contributed by atoms with van der Waals surface area (Å²) in [6.07, 6.45) is 0. The Morgan fingerprint density at radius 2 is 2.08 bits per heavy atom. The van der Waals surface area contributed by atoms with Gasteiger partial charge in [-0.1, -0.05) is 36.0 Å². The van der Waals surface area contributed by atoms with E-state index in [0.29, 0.717) is 18.9 Å². The van der Waals surface area contributed by atoms with Crippen molar-refractivity contribution in [1.29, 1.82) is 0 Å². The molecule has 0 fully saturated rings. The SMILES string of the molecule is COCCNC(=O)CSc1nc2ccccc2n1-c1cccc(C)c1. The highest BCUT2D eigenvalue weighted by molar-refractivity contribution is 7.99. The Hall–Kier alpha value is -2.31. The minimum absolute atomic E-state index is 0.0232. The van der Waals surface area contributed by atoms with Crippen LogP contribution in [-0.2, 0) is 9.53 Å². The number of benzene rings is 2. The third kappa shape index (κ3) is 4.21. The van der Waals surface area contributed by atoms with Crippen molar-refractivity contribution in [3.63, 3.8) is 0 Å². The van der Waals surface area contributed by atoms with E-state index in [1.165, 1.54) is 17.3 Å². The molecule has 1 N–H and O–H groups in total. The molecule has 1 aromatic heterocycles. The predicted octanol–water partition coefficient (Wildman–Crippen LogP) is 3.19. The molecule has 0 saturated heterocycles. The molecular formula is C19H21N3O2S. The fourth-order valence-electron chi connectivity index (χ4n) is 2.59. The second-order valence-electron chi connectivity index (χ2n) is 5.69. The van der Waals surface area contributed by atoms with Crippen molar-refractivity contribution in [2.24, 2.45) is 0 Å². The van der Waals surface area contributed by atoms with Crippen molar-refractivity contribution in [2.75, 3.05) is 26.0 Å². The van der Waals surface area contributed by atoms with Crippen LogP contribution >= 0.6 is 11.8 Å². The lowest BCUT2D eigenvalue weighted by atomic mass is 10.2. The molecule has 0 spiro atoms. The molecule has 3 aromatic rings. The van der Waals surface area contributed by atoms with E-state index in [9.17, 15) is 4.79 Å². The van der Waals surface area contributed by atoms with Crippen LogP contribution in [-0.4, -0.2) is 41.5 Å². The number of imidazole rings is 1. The number of methoxy groups -OCH3 is 1. The summed E-state index contributed by atoms with van der Waals surface area (Å²) < 4.78 is 7.05. The summed E-state index contributed by atoms with van der Waals surface area (Å²) in [5, 5.41) is 3.65. The predicted molar refractivity (Wildman–Crippen MR) is 101 cm³/mol. The van der Waals surface area contributed by atoms with Gasteiger partial charge in [-0.2, -0.15) is 0 Å². The molecule has 5 nitrogen and oxygen atoms in total. The number of hydrogen-bond acceptors (Lipinski definition) is 4. The van der Waals surface area contributed by atoms with Gasteiger partial charge in [0.15, 0.2) is 5.16 Å². The van der Waals surface area contributed by atoms with Gasteiger partial charge in [0.25, 0.3) is 0 Å². The van der Waals surface area contributed by atoms with Gasteiger partial charge in [0.1, 0.15) is 0 Å². The van der Waals surface area contributed by atoms with Crippen LogP contribution in [0.3, 0.4) is 0 Å². The number of hydrogen-bond donors (Lipinski definition) is 1. The first-order valence-electron chi connectivity index (χ1n) is 8.12. The third-order valence-electron chi connectivity index (χ3n) is 3.75. The molecule has 0 unspecified atom stereocenters. The minimum Gasteiger partial charge on any atom is -0.383 e. The van der Waals surface area contributed by atoms with Gasteiger partial charge in [-0.3, -0.25) is 9.36 Å². The number of aryl methyl sites for hydroxylation is 1. The van der Waals surface area contributed by atoms with Crippen LogP contribution in [0.2, 0.25) is 0 Å². The Bertz CT molecular complexity index is 876. The number of nitrogens with zero attached hydrogens (tertiary/aromatic N) is 2. The first-order valence-corrected chi connectivity index (χ1v) is 9.10. The number of amides is 1. The summed E-state index contributed by atoms with van der Waals surface area (Å²) in [5.74, 6) is 0.295. The molecule has 0 aliphatic heterocycles. The highest BCUT2D eigenvalue weighted by Gasteiger charge is 2.14. The van der Waals surface area contributed by atoms with Crippen LogP contribution in [0.15, 0.2) is 53.7 Å². The maximum absolute atomic E-state index is 12.0. The zero-order valence-corrected chi connectivity index (χ0v) is 15.2. The van der Waals surface area contributed by atoms with Crippen LogP contribution in [0, 0.1) is 6.92 Å². The first kappa shape index (κ1) is 17.5. The van der Waals surface area contributed by atoms with Crippen molar-refractivity contribution in [3.05, 3.63) is 54.1 Å². The largest absolute Gasteiger partial charge is 0.383 e. The van der Waals surface area contributed by atoms with E-state index in [1.807, 2.05) is 30.3 Å². The molecule has 2 aromatic carbocycles. The molecule has 6 heteroatoms. The summed E-state index contributed by atoms with van der Waals surface area (Å²) in [7, 11) is 1.62. The van der Waals surface area contributed by atoms with E-state index in [1.54, 1.807) is 7.11 Å². The summed E-state index contributed by atoms with van der Waals surface area (Å²) in [6.45, 7) is 3.10. The van der Waals surface area contributed by atoms with E-state index in [2.05, 4.69) is 35.0 Å². The summed E-state index contributed by atoms with van der Waals surface area (Å²) >= 11 is 1.44. The Morgan fingerprint density at radius 3 is 2.88 bits per heavy atom. The lowest BCUT2D eigenvalue weighted by Gasteiger charge is -2.10. The van der Waals surface area contributed by atoms with E-state index in [4.69, 9.17) is 9.72 Å². The number of carbonyl (C=O) groups is 1. The van der Waals surface area contributed by atoms with Gasteiger partial charge in [-0.05, 0) is 36.8 Å². The molecular weight excluding hydrogens is 334 g/mol. The lowest BCUT2D eigenvalue weighted by molar-refractivity contribution is -0.118. The Balaban J connectivity index is 1.87. The molecule has 3 rings (SSSR count). The van der Waals surface area contributed by atoms with Crippen LogP contribution < -0.4 is 5.32 Å². The summed E-state index contributed by atoms with van der Waals surface area (Å²) in [6, 6.07) is 16.3. The Kier molecular flexibility index (Phi) is 5.73. The molecule has 130 valence electrons. The van der Waals surface area contributed by atoms with Gasteiger partial charge in [0, 0.05) is 19.3 Å². The van der Waals surface area contributed by atoms with E-state index < -0.39 is 0 Å².